The average Bonchev–Trinajstić information content (AvgIpc) is 2.08. The Bertz CT molecular complexity index is 311. The van der Waals surface area contributed by atoms with E-state index in [0.717, 1.165) is 0 Å². The number of hydrogen-bond donors (Lipinski definition) is 0. The third-order valence-electron chi connectivity index (χ3n) is 1.15. The van der Waals surface area contributed by atoms with Crippen LogP contribution in [0.5, 0.6) is 0 Å². The second kappa shape index (κ2) is 3.30. The molecule has 66 valence electrons. The largest absolute Gasteiger partial charge is 0.204 e. The predicted octanol–water partition coefficient (Wildman–Crippen LogP) is 3.22. The molecule has 0 saturated carbocycles. The van der Waals surface area contributed by atoms with Gasteiger partial charge >= 0.3 is 0 Å². The molecular formula is C6HF5S. The van der Waals surface area contributed by atoms with Crippen LogP contribution < -0.4 is 0 Å². The van der Waals surface area contributed by atoms with E-state index in [1.54, 1.807) is 0 Å². The van der Waals surface area contributed by atoms with Crippen molar-refractivity contribution in [3.8, 4) is 0 Å². The molecule has 0 aliphatic rings. The zero-order valence-corrected chi connectivity index (χ0v) is 6.19. The Hall–Kier alpha value is -0.780. The molecule has 12 heavy (non-hydrogen) atoms. The van der Waals surface area contributed by atoms with Crippen molar-refractivity contribution >= 4 is 12.1 Å². The van der Waals surface area contributed by atoms with Crippen molar-refractivity contribution in [3.05, 3.63) is 29.3 Å². The minimum absolute atomic E-state index is 0.248. The Kier molecular flexibility index (Phi) is 2.56. The van der Waals surface area contributed by atoms with Crippen molar-refractivity contribution in [2.24, 2.45) is 0 Å². The van der Waals surface area contributed by atoms with Crippen LogP contribution in [-0.2, 0) is 0 Å². The Balaban J connectivity index is 3.39. The molecule has 1 aromatic rings. The average molecular weight is 200 g/mol. The van der Waals surface area contributed by atoms with E-state index in [2.05, 4.69) is 0 Å². The van der Waals surface area contributed by atoms with Gasteiger partial charge in [-0.1, -0.05) is 0 Å². The molecule has 0 nitrogen and oxygen atoms in total. The van der Waals surface area contributed by atoms with Gasteiger partial charge in [-0.3, -0.25) is 0 Å². The van der Waals surface area contributed by atoms with Crippen molar-refractivity contribution in [2.75, 3.05) is 0 Å². The first-order valence-electron chi connectivity index (χ1n) is 2.69. The fraction of sp³-hybridized carbons (Fsp3) is 0. The van der Waals surface area contributed by atoms with E-state index in [4.69, 9.17) is 0 Å². The van der Waals surface area contributed by atoms with E-state index in [9.17, 15) is 21.4 Å². The summed E-state index contributed by atoms with van der Waals surface area (Å²) in [7, 11) is 0. The Morgan fingerprint density at radius 3 is 2.00 bits per heavy atom. The molecule has 0 N–H and O–H groups in total. The summed E-state index contributed by atoms with van der Waals surface area (Å²) in [6.45, 7) is 0. The van der Waals surface area contributed by atoms with Gasteiger partial charge in [0.1, 0.15) is 0 Å². The highest BCUT2D eigenvalue weighted by molar-refractivity contribution is 7.94. The molecule has 6 heteroatoms. The highest BCUT2D eigenvalue weighted by Gasteiger charge is 2.18. The Labute approximate surface area is 68.7 Å². The lowest BCUT2D eigenvalue weighted by atomic mass is 10.3. The second-order valence-corrected chi connectivity index (χ2v) is 2.47. The zero-order chi connectivity index (χ0) is 9.30. The third-order valence-corrected chi connectivity index (χ3v) is 1.62. The van der Waals surface area contributed by atoms with Gasteiger partial charge in [-0.2, -0.15) is 3.89 Å². The summed E-state index contributed by atoms with van der Waals surface area (Å²) in [6.07, 6.45) is 0. The first kappa shape index (κ1) is 9.31. The summed E-state index contributed by atoms with van der Waals surface area (Å²) in [5, 5.41) is 0. The van der Waals surface area contributed by atoms with Crippen molar-refractivity contribution in [1.29, 1.82) is 0 Å². The Morgan fingerprint density at radius 2 is 1.50 bits per heavy atom. The van der Waals surface area contributed by atoms with E-state index in [0.29, 0.717) is 0 Å². The molecule has 1 aromatic carbocycles. The molecule has 0 atom stereocenters. The van der Waals surface area contributed by atoms with Crippen LogP contribution in [0.25, 0.3) is 0 Å². The van der Waals surface area contributed by atoms with E-state index in [-0.39, 0.29) is 6.07 Å². The maximum atomic E-state index is 12.4. The molecule has 0 aliphatic carbocycles. The van der Waals surface area contributed by atoms with Gasteiger partial charge in [0.05, 0.1) is 17.0 Å². The smallest absolute Gasteiger partial charge is 0.198 e. The monoisotopic (exact) mass is 200 g/mol. The van der Waals surface area contributed by atoms with Crippen LogP contribution in [0.3, 0.4) is 0 Å². The summed E-state index contributed by atoms with van der Waals surface area (Å²) in [5.74, 6) is -7.28. The predicted molar refractivity (Wildman–Crippen MR) is 33.2 cm³/mol. The van der Waals surface area contributed by atoms with Crippen LogP contribution in [0.15, 0.2) is 11.0 Å². The van der Waals surface area contributed by atoms with Crippen LogP contribution >= 0.6 is 12.1 Å². The molecule has 0 radical (unpaired) electrons. The third kappa shape index (κ3) is 1.38. The molecule has 0 fully saturated rings. The van der Waals surface area contributed by atoms with Gasteiger partial charge in [0.25, 0.3) is 0 Å². The van der Waals surface area contributed by atoms with Gasteiger partial charge in [0, 0.05) is 0 Å². The number of hydrogen-bond acceptors (Lipinski definition) is 1. The fourth-order valence-electron chi connectivity index (χ4n) is 0.607. The normalized spacial score (nSPS) is 10.4. The molecule has 0 aliphatic heterocycles. The summed E-state index contributed by atoms with van der Waals surface area (Å²) >= 11 is -0.689. The highest BCUT2D eigenvalue weighted by atomic mass is 32.2. The molecule has 1 rings (SSSR count). The first-order chi connectivity index (χ1) is 5.57. The van der Waals surface area contributed by atoms with E-state index < -0.39 is 40.3 Å². The SMILES string of the molecule is FSc1cc(F)c(F)c(F)c1F. The van der Waals surface area contributed by atoms with Crippen molar-refractivity contribution in [1.82, 2.24) is 0 Å². The maximum absolute atomic E-state index is 12.4. The molecule has 0 unspecified atom stereocenters. The second-order valence-electron chi connectivity index (χ2n) is 1.88. The van der Waals surface area contributed by atoms with Crippen LogP contribution in [0.1, 0.15) is 0 Å². The first-order valence-corrected chi connectivity index (χ1v) is 3.41. The number of rotatable bonds is 1. The van der Waals surface area contributed by atoms with Crippen molar-refractivity contribution < 1.29 is 21.4 Å². The van der Waals surface area contributed by atoms with Crippen molar-refractivity contribution in [3.63, 3.8) is 0 Å². The van der Waals surface area contributed by atoms with Crippen LogP contribution in [0.2, 0.25) is 0 Å². The van der Waals surface area contributed by atoms with Crippen LogP contribution in [0, 0.1) is 23.3 Å². The van der Waals surface area contributed by atoms with Gasteiger partial charge < -0.3 is 0 Å². The molecule has 0 heterocycles. The number of halogens is 5. The minimum Gasteiger partial charge on any atom is -0.204 e. The van der Waals surface area contributed by atoms with E-state index in [1.165, 1.54) is 0 Å². The summed E-state index contributed by atoms with van der Waals surface area (Å²) in [5.41, 5.74) is 0. The number of benzene rings is 1. The maximum Gasteiger partial charge on any atom is 0.198 e. The van der Waals surface area contributed by atoms with Gasteiger partial charge in [-0.15, -0.1) is 0 Å². The van der Waals surface area contributed by atoms with E-state index in [1.807, 2.05) is 0 Å². The zero-order valence-electron chi connectivity index (χ0n) is 5.38. The molecule has 0 spiro atoms. The van der Waals surface area contributed by atoms with E-state index >= 15 is 0 Å². The molecule has 0 aromatic heterocycles. The highest BCUT2D eigenvalue weighted by Crippen LogP contribution is 2.27. The van der Waals surface area contributed by atoms with Gasteiger partial charge in [0.15, 0.2) is 23.3 Å². The lowest BCUT2D eigenvalue weighted by molar-refractivity contribution is 0.398. The summed E-state index contributed by atoms with van der Waals surface area (Å²) in [4.78, 5) is -0.911. The van der Waals surface area contributed by atoms with Gasteiger partial charge in [0.2, 0.25) is 0 Å². The van der Waals surface area contributed by atoms with Crippen LogP contribution in [-0.4, -0.2) is 0 Å². The van der Waals surface area contributed by atoms with Crippen LogP contribution in [0.4, 0.5) is 21.4 Å². The molecular weight excluding hydrogens is 199 g/mol. The Morgan fingerprint density at radius 1 is 0.917 bits per heavy atom. The fourth-order valence-corrected chi connectivity index (χ4v) is 0.913. The topological polar surface area (TPSA) is 0 Å². The van der Waals surface area contributed by atoms with Gasteiger partial charge in [-0.05, 0) is 6.07 Å². The molecule has 0 bridgehead atoms. The quantitative estimate of drug-likeness (QED) is 0.381. The summed E-state index contributed by atoms with van der Waals surface area (Å²) in [6, 6.07) is 0.248. The molecule has 0 saturated heterocycles. The summed E-state index contributed by atoms with van der Waals surface area (Å²) < 4.78 is 60.8. The standard InChI is InChI=1S/C6HF5S/c7-2-1-3(12-11)5(9)6(10)4(2)8/h1H. The molecule has 0 amide bonds. The lowest BCUT2D eigenvalue weighted by Gasteiger charge is -1.99. The lowest BCUT2D eigenvalue weighted by Crippen LogP contribution is -1.96. The minimum atomic E-state index is -2.00. The van der Waals surface area contributed by atoms with Gasteiger partial charge in [-0.25, -0.2) is 17.6 Å². The van der Waals surface area contributed by atoms with Crippen molar-refractivity contribution in [2.45, 2.75) is 4.90 Å².